The summed E-state index contributed by atoms with van der Waals surface area (Å²) in [7, 11) is 0. The maximum absolute atomic E-state index is 13.1. The van der Waals surface area contributed by atoms with Crippen molar-refractivity contribution in [1.29, 1.82) is 0 Å². The van der Waals surface area contributed by atoms with Gasteiger partial charge in [0.05, 0.1) is 18.8 Å². The number of aliphatic carboxylic acids is 1. The summed E-state index contributed by atoms with van der Waals surface area (Å²) < 4.78 is 0. The summed E-state index contributed by atoms with van der Waals surface area (Å²) in [5.74, 6) is -5.82. The van der Waals surface area contributed by atoms with Gasteiger partial charge in [0.25, 0.3) is 0 Å². The van der Waals surface area contributed by atoms with Crippen LogP contribution < -0.4 is 33.2 Å². The quantitative estimate of drug-likeness (QED) is 0.112. The second-order valence-electron chi connectivity index (χ2n) is 8.39. The van der Waals surface area contributed by atoms with Crippen LogP contribution in [-0.4, -0.2) is 74.7 Å². The Hall–Kier alpha value is -4.01. The molecule has 200 valence electrons. The van der Waals surface area contributed by atoms with Crippen LogP contribution in [0.5, 0.6) is 0 Å². The van der Waals surface area contributed by atoms with Crippen LogP contribution in [0.15, 0.2) is 12.5 Å². The monoisotopic (exact) mass is 510 g/mol. The van der Waals surface area contributed by atoms with E-state index in [1.165, 1.54) is 12.5 Å². The summed E-state index contributed by atoms with van der Waals surface area (Å²) in [4.78, 5) is 79.1. The van der Waals surface area contributed by atoms with E-state index >= 15 is 0 Å². The van der Waals surface area contributed by atoms with E-state index in [1.807, 2.05) is 6.92 Å². The number of primary amides is 2. The van der Waals surface area contributed by atoms with Crippen LogP contribution in [0.1, 0.15) is 45.2 Å². The van der Waals surface area contributed by atoms with Gasteiger partial charge in [-0.15, -0.1) is 0 Å². The average molecular weight is 511 g/mol. The SMILES string of the molecule is CCC(C)C(N)C(=O)NC(Cc1cnc[nH]1)C(=O)NC(CC(N)=O)C(=O)NC(CCC(N)=O)C(=O)O. The number of carboxylic acids is 1. The highest BCUT2D eigenvalue weighted by Crippen LogP contribution is 2.08. The van der Waals surface area contributed by atoms with E-state index in [1.54, 1.807) is 6.92 Å². The van der Waals surface area contributed by atoms with Crippen molar-refractivity contribution in [1.82, 2.24) is 25.9 Å². The van der Waals surface area contributed by atoms with Gasteiger partial charge in [-0.1, -0.05) is 20.3 Å². The van der Waals surface area contributed by atoms with E-state index in [0.717, 1.165) is 0 Å². The zero-order valence-corrected chi connectivity index (χ0v) is 20.2. The first-order chi connectivity index (χ1) is 16.8. The first-order valence-electron chi connectivity index (χ1n) is 11.3. The van der Waals surface area contributed by atoms with Crippen molar-refractivity contribution in [2.75, 3.05) is 0 Å². The molecular weight excluding hydrogens is 476 g/mol. The summed E-state index contributed by atoms with van der Waals surface area (Å²) in [6, 6.07) is -5.19. The fourth-order valence-corrected chi connectivity index (χ4v) is 3.10. The zero-order chi connectivity index (χ0) is 27.4. The molecule has 36 heavy (non-hydrogen) atoms. The molecular formula is C21H34N8O7. The van der Waals surface area contributed by atoms with Crippen molar-refractivity contribution in [3.8, 4) is 0 Å². The highest BCUT2D eigenvalue weighted by molar-refractivity contribution is 5.96. The number of carbonyl (C=O) groups is 6. The molecule has 1 aromatic heterocycles. The number of imidazole rings is 1. The second-order valence-corrected chi connectivity index (χ2v) is 8.39. The minimum atomic E-state index is -1.56. The smallest absolute Gasteiger partial charge is 0.326 e. The molecule has 5 amide bonds. The van der Waals surface area contributed by atoms with Crippen molar-refractivity contribution >= 4 is 35.5 Å². The molecule has 1 aromatic rings. The molecule has 0 fully saturated rings. The van der Waals surface area contributed by atoms with Crippen LogP contribution in [0.3, 0.4) is 0 Å². The number of hydrogen-bond donors (Lipinski definition) is 8. The minimum absolute atomic E-state index is 0.0495. The normalized spacial score (nSPS) is 15.0. The fourth-order valence-electron chi connectivity index (χ4n) is 3.10. The molecule has 1 rings (SSSR count). The Balaban J connectivity index is 3.07. The molecule has 0 aliphatic carbocycles. The lowest BCUT2D eigenvalue weighted by molar-refractivity contribution is -0.142. The van der Waals surface area contributed by atoms with Gasteiger partial charge in [-0.25, -0.2) is 9.78 Å². The topological polar surface area (TPSA) is 265 Å². The number of amides is 5. The van der Waals surface area contributed by atoms with E-state index in [0.29, 0.717) is 12.1 Å². The Bertz CT molecular complexity index is 937. The van der Waals surface area contributed by atoms with Gasteiger partial charge >= 0.3 is 5.97 Å². The third-order valence-corrected chi connectivity index (χ3v) is 5.50. The third-order valence-electron chi connectivity index (χ3n) is 5.50. The maximum Gasteiger partial charge on any atom is 0.326 e. The largest absolute Gasteiger partial charge is 0.480 e. The molecule has 0 aromatic carbocycles. The summed E-state index contributed by atoms with van der Waals surface area (Å²) in [5, 5.41) is 16.3. The van der Waals surface area contributed by atoms with Crippen LogP contribution >= 0.6 is 0 Å². The average Bonchev–Trinajstić information content (AvgIpc) is 3.31. The summed E-state index contributed by atoms with van der Waals surface area (Å²) >= 11 is 0. The molecule has 0 aliphatic heterocycles. The Morgan fingerprint density at radius 2 is 1.56 bits per heavy atom. The number of nitrogens with zero attached hydrogens (tertiary/aromatic N) is 1. The number of H-pyrrole nitrogens is 1. The lowest BCUT2D eigenvalue weighted by atomic mass is 9.98. The summed E-state index contributed by atoms with van der Waals surface area (Å²) in [6.45, 7) is 3.63. The van der Waals surface area contributed by atoms with E-state index in [4.69, 9.17) is 17.2 Å². The van der Waals surface area contributed by atoms with E-state index in [9.17, 15) is 33.9 Å². The molecule has 0 aliphatic rings. The second kappa shape index (κ2) is 14.4. The summed E-state index contributed by atoms with van der Waals surface area (Å²) in [5.41, 5.74) is 16.7. The van der Waals surface area contributed by atoms with Crippen molar-refractivity contribution in [2.45, 2.75) is 70.1 Å². The molecule has 1 heterocycles. The van der Waals surface area contributed by atoms with Gasteiger partial charge in [0.1, 0.15) is 18.1 Å². The van der Waals surface area contributed by atoms with Crippen LogP contribution in [-0.2, 0) is 35.2 Å². The molecule has 15 heteroatoms. The maximum atomic E-state index is 13.1. The van der Waals surface area contributed by atoms with Gasteiger partial charge in [-0.2, -0.15) is 0 Å². The standard InChI is InChI=1S/C21H34N8O7/c1-3-10(2)17(24)20(34)29-13(6-11-8-25-9-26-11)18(32)28-14(7-16(23)31)19(33)27-12(21(35)36)4-5-15(22)30/h8-10,12-14,17H,3-7,24H2,1-2H3,(H2,22,30)(H2,23,31)(H,25,26)(H,27,33)(H,28,32)(H,29,34)(H,35,36). The lowest BCUT2D eigenvalue weighted by Crippen LogP contribution is -2.58. The van der Waals surface area contributed by atoms with E-state index in [-0.39, 0.29) is 25.2 Å². The lowest BCUT2D eigenvalue weighted by Gasteiger charge is -2.25. The number of nitrogens with one attached hydrogen (secondary N) is 4. The first kappa shape index (κ1) is 30.0. The molecule has 5 unspecified atom stereocenters. The Kier molecular flexibility index (Phi) is 12.0. The molecule has 0 saturated carbocycles. The van der Waals surface area contributed by atoms with Crippen molar-refractivity contribution in [3.63, 3.8) is 0 Å². The molecule has 11 N–H and O–H groups in total. The minimum Gasteiger partial charge on any atom is -0.480 e. The van der Waals surface area contributed by atoms with Crippen LogP contribution in [0.4, 0.5) is 0 Å². The molecule has 0 radical (unpaired) electrons. The molecule has 0 bridgehead atoms. The van der Waals surface area contributed by atoms with Gasteiger partial charge in [0, 0.05) is 24.7 Å². The van der Waals surface area contributed by atoms with Gasteiger partial charge in [-0.3, -0.25) is 24.0 Å². The number of carbonyl (C=O) groups excluding carboxylic acids is 5. The number of aromatic amines is 1. The predicted octanol–water partition coefficient (Wildman–Crippen LogP) is -2.99. The van der Waals surface area contributed by atoms with E-state index < -0.39 is 66.1 Å². The van der Waals surface area contributed by atoms with Crippen molar-refractivity contribution in [3.05, 3.63) is 18.2 Å². The van der Waals surface area contributed by atoms with Crippen molar-refractivity contribution < 1.29 is 33.9 Å². The first-order valence-corrected chi connectivity index (χ1v) is 11.3. The van der Waals surface area contributed by atoms with Gasteiger partial charge < -0.3 is 43.2 Å². The van der Waals surface area contributed by atoms with Gasteiger partial charge in [-0.05, 0) is 12.3 Å². The molecule has 0 saturated heterocycles. The Morgan fingerprint density at radius 1 is 0.972 bits per heavy atom. The van der Waals surface area contributed by atoms with Gasteiger partial charge in [0.2, 0.25) is 29.5 Å². The zero-order valence-electron chi connectivity index (χ0n) is 20.2. The Morgan fingerprint density at radius 3 is 2.06 bits per heavy atom. The van der Waals surface area contributed by atoms with E-state index in [2.05, 4.69) is 25.9 Å². The van der Waals surface area contributed by atoms with Gasteiger partial charge in [0.15, 0.2) is 0 Å². The number of rotatable bonds is 16. The highest BCUT2D eigenvalue weighted by Gasteiger charge is 2.32. The van der Waals surface area contributed by atoms with Crippen LogP contribution in [0, 0.1) is 5.92 Å². The Labute approximate surface area is 207 Å². The van der Waals surface area contributed by atoms with Crippen LogP contribution in [0.25, 0.3) is 0 Å². The van der Waals surface area contributed by atoms with Crippen molar-refractivity contribution in [2.24, 2.45) is 23.1 Å². The predicted molar refractivity (Wildman–Crippen MR) is 125 cm³/mol. The number of aromatic nitrogens is 2. The fraction of sp³-hybridized carbons (Fsp3) is 0.571. The molecule has 0 spiro atoms. The summed E-state index contributed by atoms with van der Waals surface area (Å²) in [6.07, 6.45) is 2.10. The highest BCUT2D eigenvalue weighted by atomic mass is 16.4. The third kappa shape index (κ3) is 10.1. The number of hydrogen-bond acceptors (Lipinski definition) is 8. The molecule has 5 atom stereocenters. The number of carboxylic acid groups (broad SMARTS) is 1. The van der Waals surface area contributed by atoms with Crippen LogP contribution in [0.2, 0.25) is 0 Å². The number of nitrogens with two attached hydrogens (primary N) is 3. The molecule has 15 nitrogen and oxygen atoms in total.